The Balaban J connectivity index is 1.34. The Hall–Kier alpha value is -0.960. The van der Waals surface area contributed by atoms with Crippen molar-refractivity contribution in [2.75, 3.05) is 44.2 Å². The molecule has 8 heteroatoms. The van der Waals surface area contributed by atoms with Gasteiger partial charge in [-0.3, -0.25) is 14.6 Å². The smallest absolute Gasteiger partial charge is 0.237 e. The summed E-state index contributed by atoms with van der Waals surface area (Å²) in [4.78, 5) is 20.0. The number of carbonyl (C=O) groups is 1. The van der Waals surface area contributed by atoms with Gasteiger partial charge in [0.25, 0.3) is 0 Å². The van der Waals surface area contributed by atoms with Crippen LogP contribution in [0.1, 0.15) is 44.1 Å². The first-order valence-electron chi connectivity index (χ1n) is 11.0. The molecule has 3 fully saturated rings. The lowest BCUT2D eigenvalue weighted by molar-refractivity contribution is -0.138. The van der Waals surface area contributed by atoms with Crippen LogP contribution in [0, 0.1) is 0 Å². The van der Waals surface area contributed by atoms with Crippen molar-refractivity contribution in [3.63, 3.8) is 0 Å². The molecule has 0 bridgehead atoms. The van der Waals surface area contributed by atoms with Crippen LogP contribution >= 0.6 is 11.3 Å². The normalized spacial score (nSPS) is 26.6. The molecule has 1 saturated carbocycles. The van der Waals surface area contributed by atoms with Gasteiger partial charge in [-0.1, -0.05) is 19.3 Å². The zero-order chi connectivity index (χ0) is 20.3. The van der Waals surface area contributed by atoms with Gasteiger partial charge in [-0.15, -0.1) is 0 Å². The molecule has 3 aliphatic rings. The van der Waals surface area contributed by atoms with Crippen LogP contribution in [0.15, 0.2) is 16.8 Å². The van der Waals surface area contributed by atoms with E-state index in [1.54, 1.807) is 11.3 Å². The van der Waals surface area contributed by atoms with Crippen LogP contribution in [0.2, 0.25) is 0 Å². The van der Waals surface area contributed by atoms with Crippen molar-refractivity contribution < 1.29 is 13.2 Å². The third-order valence-electron chi connectivity index (χ3n) is 6.67. The number of carbonyl (C=O) groups excluding carboxylic acids is 1. The van der Waals surface area contributed by atoms with Gasteiger partial charge in [0.15, 0.2) is 9.84 Å². The second-order valence-electron chi connectivity index (χ2n) is 8.83. The number of sulfone groups is 1. The number of thiophene rings is 1. The van der Waals surface area contributed by atoms with Crippen LogP contribution in [-0.2, 0) is 21.2 Å². The van der Waals surface area contributed by atoms with E-state index < -0.39 is 9.84 Å². The Labute approximate surface area is 178 Å². The fraction of sp³-hybridized carbons (Fsp3) is 0.762. The maximum absolute atomic E-state index is 13.3. The summed E-state index contributed by atoms with van der Waals surface area (Å²) in [5.74, 6) is 0.532. The third kappa shape index (κ3) is 5.60. The molecule has 29 heavy (non-hydrogen) atoms. The SMILES string of the molecule is O=C(CN1CCN(Cc2ccsc2)CC1)N(C1CCCCC1)C1CCS(=O)(=O)C1. The Morgan fingerprint density at radius 1 is 1.03 bits per heavy atom. The minimum absolute atomic E-state index is 0.115. The lowest BCUT2D eigenvalue weighted by atomic mass is 9.92. The summed E-state index contributed by atoms with van der Waals surface area (Å²) in [7, 11) is -2.99. The lowest BCUT2D eigenvalue weighted by Gasteiger charge is -2.40. The molecule has 1 aliphatic carbocycles. The monoisotopic (exact) mass is 439 g/mol. The summed E-state index contributed by atoms with van der Waals surface area (Å²) in [6.07, 6.45) is 6.18. The highest BCUT2D eigenvalue weighted by atomic mass is 32.2. The van der Waals surface area contributed by atoms with Gasteiger partial charge >= 0.3 is 0 Å². The summed E-state index contributed by atoms with van der Waals surface area (Å²) in [6, 6.07) is 2.29. The average Bonchev–Trinajstić information content (AvgIpc) is 3.34. The van der Waals surface area contributed by atoms with E-state index in [1.807, 2.05) is 4.90 Å². The highest BCUT2D eigenvalue weighted by Crippen LogP contribution is 2.28. The molecule has 1 amide bonds. The molecule has 3 heterocycles. The van der Waals surface area contributed by atoms with Gasteiger partial charge in [0.2, 0.25) is 5.91 Å². The minimum atomic E-state index is -2.99. The zero-order valence-corrected chi connectivity index (χ0v) is 18.8. The number of amides is 1. The van der Waals surface area contributed by atoms with Gasteiger partial charge in [0, 0.05) is 44.8 Å². The molecule has 4 rings (SSSR count). The van der Waals surface area contributed by atoms with Crippen LogP contribution in [0.3, 0.4) is 0 Å². The van der Waals surface area contributed by atoms with Crippen molar-refractivity contribution in [2.24, 2.45) is 0 Å². The zero-order valence-electron chi connectivity index (χ0n) is 17.2. The van der Waals surface area contributed by atoms with E-state index in [4.69, 9.17) is 0 Å². The molecule has 6 nitrogen and oxygen atoms in total. The van der Waals surface area contributed by atoms with E-state index in [0.29, 0.717) is 13.0 Å². The molecule has 0 N–H and O–H groups in total. The average molecular weight is 440 g/mol. The van der Waals surface area contributed by atoms with Crippen LogP contribution < -0.4 is 0 Å². The number of rotatable bonds is 6. The maximum Gasteiger partial charge on any atom is 0.237 e. The minimum Gasteiger partial charge on any atom is -0.335 e. The Kier molecular flexibility index (Phi) is 6.94. The molecule has 2 aliphatic heterocycles. The van der Waals surface area contributed by atoms with Crippen molar-refractivity contribution in [3.8, 4) is 0 Å². The summed E-state index contributed by atoms with van der Waals surface area (Å²) in [6.45, 7) is 5.17. The molecule has 1 aromatic heterocycles. The number of nitrogens with zero attached hydrogens (tertiary/aromatic N) is 3. The maximum atomic E-state index is 13.3. The predicted molar refractivity (Wildman–Crippen MR) is 117 cm³/mol. The lowest BCUT2D eigenvalue weighted by Crippen LogP contribution is -2.54. The Morgan fingerprint density at radius 2 is 1.76 bits per heavy atom. The first-order valence-corrected chi connectivity index (χ1v) is 13.7. The summed E-state index contributed by atoms with van der Waals surface area (Å²) in [5, 5.41) is 4.32. The van der Waals surface area contributed by atoms with Crippen LogP contribution in [0.5, 0.6) is 0 Å². The van der Waals surface area contributed by atoms with Gasteiger partial charge in [-0.05, 0) is 41.7 Å². The van der Waals surface area contributed by atoms with Crippen molar-refractivity contribution in [1.29, 1.82) is 0 Å². The first kappa shape index (κ1) is 21.3. The quantitative estimate of drug-likeness (QED) is 0.680. The second-order valence-corrected chi connectivity index (χ2v) is 11.8. The molecule has 2 saturated heterocycles. The molecule has 1 aromatic rings. The molecule has 0 spiro atoms. The molecule has 0 aromatic carbocycles. The number of piperazine rings is 1. The molecule has 162 valence electrons. The van der Waals surface area contributed by atoms with Crippen molar-refractivity contribution >= 4 is 27.1 Å². The summed E-state index contributed by atoms with van der Waals surface area (Å²) < 4.78 is 24.1. The van der Waals surface area contributed by atoms with Crippen LogP contribution in [-0.4, -0.2) is 85.3 Å². The van der Waals surface area contributed by atoms with E-state index in [2.05, 4.69) is 26.6 Å². The molecule has 1 atom stereocenters. The fourth-order valence-corrected chi connectivity index (χ4v) is 7.45. The Morgan fingerprint density at radius 3 is 2.38 bits per heavy atom. The van der Waals surface area contributed by atoms with E-state index in [-0.39, 0.29) is 29.5 Å². The molecule has 1 unspecified atom stereocenters. The van der Waals surface area contributed by atoms with E-state index in [0.717, 1.165) is 58.4 Å². The summed E-state index contributed by atoms with van der Waals surface area (Å²) in [5.41, 5.74) is 1.37. The van der Waals surface area contributed by atoms with E-state index in [9.17, 15) is 13.2 Å². The summed E-state index contributed by atoms with van der Waals surface area (Å²) >= 11 is 1.74. The van der Waals surface area contributed by atoms with Gasteiger partial charge in [-0.2, -0.15) is 11.3 Å². The van der Waals surface area contributed by atoms with Crippen LogP contribution in [0.4, 0.5) is 0 Å². The van der Waals surface area contributed by atoms with Crippen molar-refractivity contribution in [3.05, 3.63) is 22.4 Å². The van der Waals surface area contributed by atoms with Crippen LogP contribution in [0.25, 0.3) is 0 Å². The first-order chi connectivity index (χ1) is 14.0. The molecular weight excluding hydrogens is 406 g/mol. The van der Waals surface area contributed by atoms with Crippen molar-refractivity contribution in [2.45, 2.75) is 57.2 Å². The van der Waals surface area contributed by atoms with Gasteiger partial charge in [0.05, 0.1) is 18.1 Å². The van der Waals surface area contributed by atoms with Crippen molar-refractivity contribution in [1.82, 2.24) is 14.7 Å². The molecular formula is C21H33N3O3S2. The fourth-order valence-electron chi connectivity index (χ4n) is 5.08. The van der Waals surface area contributed by atoms with Gasteiger partial charge in [0.1, 0.15) is 0 Å². The highest BCUT2D eigenvalue weighted by Gasteiger charge is 2.39. The number of hydrogen-bond donors (Lipinski definition) is 0. The van der Waals surface area contributed by atoms with Gasteiger partial charge in [-0.25, -0.2) is 8.42 Å². The predicted octanol–water partition coefficient (Wildman–Crippen LogP) is 2.21. The second kappa shape index (κ2) is 9.45. The largest absolute Gasteiger partial charge is 0.335 e. The number of hydrogen-bond acceptors (Lipinski definition) is 6. The van der Waals surface area contributed by atoms with Gasteiger partial charge < -0.3 is 4.90 Å². The third-order valence-corrected chi connectivity index (χ3v) is 9.15. The standard InChI is InChI=1S/C21H33N3O3S2/c25-21(15-23-10-8-22(9-11-23)14-18-6-12-28-16-18)24(19-4-2-1-3-5-19)20-7-13-29(26,27)17-20/h6,12,16,19-20H,1-5,7-11,13-15,17H2. The van der Waals surface area contributed by atoms with E-state index >= 15 is 0 Å². The topological polar surface area (TPSA) is 60.9 Å². The molecule has 0 radical (unpaired) electrons. The Bertz CT molecular complexity index is 767. The highest BCUT2D eigenvalue weighted by molar-refractivity contribution is 7.91. The van der Waals surface area contributed by atoms with E-state index in [1.165, 1.54) is 12.0 Å².